The zero-order valence-corrected chi connectivity index (χ0v) is 15.4. The molecule has 1 N–H and O–H groups in total. The highest BCUT2D eigenvalue weighted by Gasteiger charge is 2.24. The van der Waals surface area contributed by atoms with Crippen LogP contribution in [0.5, 0.6) is 11.5 Å². The third-order valence-electron chi connectivity index (χ3n) is 4.11. The molecule has 2 aromatic rings. The van der Waals surface area contributed by atoms with Crippen molar-refractivity contribution in [3.63, 3.8) is 0 Å². The van der Waals surface area contributed by atoms with Crippen molar-refractivity contribution in [2.24, 2.45) is 0 Å². The van der Waals surface area contributed by atoms with Crippen molar-refractivity contribution in [2.75, 3.05) is 25.2 Å². The van der Waals surface area contributed by atoms with E-state index in [0.717, 1.165) is 5.56 Å². The molecule has 26 heavy (non-hydrogen) atoms. The summed E-state index contributed by atoms with van der Waals surface area (Å²) in [7, 11) is -2.16. The number of fused-ring (bicyclic) bond motifs is 1. The fraction of sp³-hybridized carbons (Fsp3) is 0.278. The van der Waals surface area contributed by atoms with Crippen LogP contribution in [0.1, 0.15) is 12.5 Å². The molecule has 2 aromatic carbocycles. The smallest absolute Gasteiger partial charge is 0.240 e. The normalized spacial score (nSPS) is 13.7. The van der Waals surface area contributed by atoms with Crippen LogP contribution in [0, 0.1) is 0 Å². The minimum atomic E-state index is -3.73. The van der Waals surface area contributed by atoms with Gasteiger partial charge in [0.1, 0.15) is 18.1 Å². The number of carbonyl (C=O) groups is 1. The van der Waals surface area contributed by atoms with Crippen LogP contribution in [0.3, 0.4) is 0 Å². The minimum absolute atomic E-state index is 0.0847. The Labute approximate surface area is 152 Å². The second-order valence-electron chi connectivity index (χ2n) is 5.82. The molecule has 7 nitrogen and oxygen atoms in total. The second kappa shape index (κ2) is 7.35. The lowest BCUT2D eigenvalue weighted by molar-refractivity contribution is -0.116. The molecular formula is C18H20N2O5S. The molecule has 0 fully saturated rings. The largest absolute Gasteiger partial charge is 0.497 e. The molecule has 1 amide bonds. The van der Waals surface area contributed by atoms with Crippen LogP contribution in [0.4, 0.5) is 5.69 Å². The van der Waals surface area contributed by atoms with Crippen molar-refractivity contribution in [1.82, 2.24) is 4.72 Å². The molecule has 138 valence electrons. The predicted octanol–water partition coefficient (Wildman–Crippen LogP) is 1.92. The van der Waals surface area contributed by atoms with Crippen molar-refractivity contribution in [1.29, 1.82) is 0 Å². The SMILES string of the molecule is COc1ccc(CNS(=O)(=O)c2ccc3c(c2)N(C(C)=O)CCO3)cc1. The highest BCUT2D eigenvalue weighted by Crippen LogP contribution is 2.33. The van der Waals surface area contributed by atoms with Crippen LogP contribution >= 0.6 is 0 Å². The van der Waals surface area contributed by atoms with Crippen LogP contribution in [0.2, 0.25) is 0 Å². The molecule has 0 unspecified atom stereocenters. The number of amides is 1. The Balaban J connectivity index is 1.80. The lowest BCUT2D eigenvalue weighted by Gasteiger charge is -2.29. The molecular weight excluding hydrogens is 356 g/mol. The summed E-state index contributed by atoms with van der Waals surface area (Å²) in [4.78, 5) is 13.4. The minimum Gasteiger partial charge on any atom is -0.497 e. The maximum absolute atomic E-state index is 12.6. The maximum atomic E-state index is 12.6. The molecule has 0 aliphatic carbocycles. The zero-order valence-electron chi connectivity index (χ0n) is 14.6. The molecule has 3 rings (SSSR count). The number of sulfonamides is 1. The average molecular weight is 376 g/mol. The fourth-order valence-corrected chi connectivity index (χ4v) is 3.73. The molecule has 1 aliphatic rings. The maximum Gasteiger partial charge on any atom is 0.240 e. The van der Waals surface area contributed by atoms with Gasteiger partial charge < -0.3 is 14.4 Å². The van der Waals surface area contributed by atoms with E-state index in [1.165, 1.54) is 24.0 Å². The Bertz CT molecular complexity index is 910. The number of hydrogen-bond donors (Lipinski definition) is 1. The highest BCUT2D eigenvalue weighted by atomic mass is 32.2. The molecule has 8 heteroatoms. The van der Waals surface area contributed by atoms with Gasteiger partial charge in [0, 0.05) is 13.5 Å². The Morgan fingerprint density at radius 3 is 2.62 bits per heavy atom. The van der Waals surface area contributed by atoms with E-state index in [0.29, 0.717) is 30.3 Å². The Kier molecular flexibility index (Phi) is 5.15. The third-order valence-corrected chi connectivity index (χ3v) is 5.51. The van der Waals surface area contributed by atoms with Crippen LogP contribution in [-0.2, 0) is 21.4 Å². The van der Waals surface area contributed by atoms with E-state index >= 15 is 0 Å². The van der Waals surface area contributed by atoms with Crippen molar-refractivity contribution < 1.29 is 22.7 Å². The van der Waals surface area contributed by atoms with Crippen molar-refractivity contribution in [3.05, 3.63) is 48.0 Å². The number of benzene rings is 2. The topological polar surface area (TPSA) is 84.9 Å². The second-order valence-corrected chi connectivity index (χ2v) is 7.59. The number of ether oxygens (including phenoxy) is 2. The summed E-state index contributed by atoms with van der Waals surface area (Å²) in [5, 5.41) is 0. The average Bonchev–Trinajstić information content (AvgIpc) is 2.65. The quantitative estimate of drug-likeness (QED) is 0.862. The molecule has 1 aliphatic heterocycles. The Morgan fingerprint density at radius 2 is 1.96 bits per heavy atom. The number of methoxy groups -OCH3 is 1. The monoisotopic (exact) mass is 376 g/mol. The Morgan fingerprint density at radius 1 is 1.23 bits per heavy atom. The van der Waals surface area contributed by atoms with Gasteiger partial charge in [-0.25, -0.2) is 13.1 Å². The van der Waals surface area contributed by atoms with Gasteiger partial charge in [-0.1, -0.05) is 12.1 Å². The van der Waals surface area contributed by atoms with Crippen LogP contribution in [-0.4, -0.2) is 34.6 Å². The van der Waals surface area contributed by atoms with E-state index in [1.54, 1.807) is 37.4 Å². The van der Waals surface area contributed by atoms with Crippen LogP contribution in [0.25, 0.3) is 0 Å². The van der Waals surface area contributed by atoms with Crippen molar-refractivity contribution in [2.45, 2.75) is 18.4 Å². The molecule has 0 saturated carbocycles. The first-order valence-electron chi connectivity index (χ1n) is 8.08. The number of anilines is 1. The van der Waals surface area contributed by atoms with E-state index in [9.17, 15) is 13.2 Å². The first-order chi connectivity index (χ1) is 12.4. The number of hydrogen-bond acceptors (Lipinski definition) is 5. The molecule has 0 bridgehead atoms. The molecule has 0 spiro atoms. The number of carbonyl (C=O) groups excluding carboxylic acids is 1. The number of nitrogens with zero attached hydrogens (tertiary/aromatic N) is 1. The predicted molar refractivity (Wildman–Crippen MR) is 97.0 cm³/mol. The summed E-state index contributed by atoms with van der Waals surface area (Å²) >= 11 is 0. The van der Waals surface area contributed by atoms with E-state index in [-0.39, 0.29) is 17.3 Å². The van der Waals surface area contributed by atoms with Gasteiger partial charge in [0.15, 0.2) is 0 Å². The van der Waals surface area contributed by atoms with E-state index < -0.39 is 10.0 Å². The molecule has 0 saturated heterocycles. The first kappa shape index (κ1) is 18.2. The number of nitrogens with one attached hydrogen (secondary N) is 1. The van der Waals surface area contributed by atoms with Crippen LogP contribution < -0.4 is 19.1 Å². The molecule has 0 radical (unpaired) electrons. The van der Waals surface area contributed by atoms with Gasteiger partial charge in [0.2, 0.25) is 15.9 Å². The summed E-state index contributed by atoms with van der Waals surface area (Å²) in [5.41, 5.74) is 1.28. The summed E-state index contributed by atoms with van der Waals surface area (Å²) in [5.74, 6) is 1.05. The van der Waals surface area contributed by atoms with Gasteiger partial charge in [-0.3, -0.25) is 4.79 Å². The standard InChI is InChI=1S/C18H20N2O5S/c1-13(21)20-9-10-25-18-8-7-16(11-17(18)20)26(22,23)19-12-14-3-5-15(24-2)6-4-14/h3-8,11,19H,9-10,12H2,1-2H3. The van der Waals surface area contributed by atoms with E-state index in [2.05, 4.69) is 4.72 Å². The van der Waals surface area contributed by atoms with E-state index in [1.807, 2.05) is 0 Å². The van der Waals surface area contributed by atoms with Gasteiger partial charge in [-0.2, -0.15) is 0 Å². The summed E-state index contributed by atoms with van der Waals surface area (Å²) in [6.07, 6.45) is 0. The van der Waals surface area contributed by atoms with Crippen LogP contribution in [0.15, 0.2) is 47.4 Å². The molecule has 1 heterocycles. The Hall–Kier alpha value is -2.58. The first-order valence-corrected chi connectivity index (χ1v) is 9.56. The zero-order chi connectivity index (χ0) is 18.7. The fourth-order valence-electron chi connectivity index (χ4n) is 2.70. The third kappa shape index (κ3) is 3.81. The van der Waals surface area contributed by atoms with Gasteiger partial charge >= 0.3 is 0 Å². The molecule has 0 atom stereocenters. The van der Waals surface area contributed by atoms with Gasteiger partial charge in [0.25, 0.3) is 0 Å². The highest BCUT2D eigenvalue weighted by molar-refractivity contribution is 7.89. The number of rotatable bonds is 5. The lowest BCUT2D eigenvalue weighted by Crippen LogP contribution is -2.36. The van der Waals surface area contributed by atoms with Crippen molar-refractivity contribution >= 4 is 21.6 Å². The summed E-state index contributed by atoms with van der Waals surface area (Å²) in [6.45, 7) is 2.37. The van der Waals surface area contributed by atoms with Crippen molar-refractivity contribution in [3.8, 4) is 11.5 Å². The van der Waals surface area contributed by atoms with Gasteiger partial charge in [0.05, 0.1) is 24.2 Å². The summed E-state index contributed by atoms with van der Waals surface area (Å²) < 4.78 is 38.4. The molecule has 0 aromatic heterocycles. The summed E-state index contributed by atoms with van der Waals surface area (Å²) in [6, 6.07) is 11.6. The van der Waals surface area contributed by atoms with Gasteiger partial charge in [-0.05, 0) is 35.9 Å². The van der Waals surface area contributed by atoms with Gasteiger partial charge in [-0.15, -0.1) is 0 Å². The lowest BCUT2D eigenvalue weighted by atomic mass is 10.2. The van der Waals surface area contributed by atoms with E-state index in [4.69, 9.17) is 9.47 Å².